The predicted octanol–water partition coefficient (Wildman–Crippen LogP) is 2.63. The number of hydrogen-bond donors (Lipinski definition) is 1. The molecule has 1 aromatic rings. The van der Waals surface area contributed by atoms with Gasteiger partial charge in [0, 0.05) is 11.4 Å². The predicted molar refractivity (Wildman–Crippen MR) is 74.5 cm³/mol. The van der Waals surface area contributed by atoms with Gasteiger partial charge in [-0.15, -0.1) is 11.3 Å². The molecule has 1 unspecified atom stereocenters. The molecule has 6 heteroatoms. The summed E-state index contributed by atoms with van der Waals surface area (Å²) >= 11 is 1.12. The second kappa shape index (κ2) is 7.89. The quantitative estimate of drug-likeness (QED) is 0.781. The third kappa shape index (κ3) is 4.98. The van der Waals surface area contributed by atoms with Crippen molar-refractivity contribution in [2.24, 2.45) is 0 Å². The van der Waals surface area contributed by atoms with Crippen LogP contribution in [0.2, 0.25) is 0 Å². The number of unbranched alkanes of at least 4 members (excludes halogenated alkanes) is 1. The van der Waals surface area contributed by atoms with Crippen LogP contribution >= 0.6 is 11.3 Å². The number of esters is 1. The lowest BCUT2D eigenvalue weighted by Gasteiger charge is -2.11. The molecule has 0 fully saturated rings. The Kier molecular flexibility index (Phi) is 6.49. The van der Waals surface area contributed by atoms with Crippen LogP contribution in [0.3, 0.4) is 0 Å². The molecule has 1 aromatic heterocycles. The van der Waals surface area contributed by atoms with Crippen molar-refractivity contribution in [3.8, 4) is 0 Å². The SMILES string of the molecule is CCCCC(C)NC(=O)c1csc(C(=O)OCC)n1. The molecule has 0 aliphatic rings. The molecule has 0 saturated carbocycles. The summed E-state index contributed by atoms with van der Waals surface area (Å²) in [4.78, 5) is 27.3. The van der Waals surface area contributed by atoms with E-state index in [2.05, 4.69) is 17.2 Å². The fourth-order valence-corrected chi connectivity index (χ4v) is 2.23. The summed E-state index contributed by atoms with van der Waals surface area (Å²) < 4.78 is 4.83. The van der Waals surface area contributed by atoms with Gasteiger partial charge in [-0.3, -0.25) is 4.79 Å². The van der Waals surface area contributed by atoms with Gasteiger partial charge in [0.05, 0.1) is 6.61 Å². The maximum atomic E-state index is 11.9. The third-order valence-corrected chi connectivity index (χ3v) is 3.38. The first-order valence-electron chi connectivity index (χ1n) is 6.52. The molecule has 19 heavy (non-hydrogen) atoms. The molecule has 1 atom stereocenters. The standard InChI is InChI=1S/C13H20N2O3S/c1-4-6-7-9(3)14-11(16)10-8-19-12(15-10)13(17)18-5-2/h8-9H,4-7H2,1-3H3,(H,14,16). The Morgan fingerprint density at radius 1 is 1.47 bits per heavy atom. The van der Waals surface area contributed by atoms with Crippen molar-refractivity contribution in [2.45, 2.75) is 46.1 Å². The van der Waals surface area contributed by atoms with Crippen molar-refractivity contribution in [1.29, 1.82) is 0 Å². The molecule has 0 spiro atoms. The van der Waals surface area contributed by atoms with E-state index in [0.29, 0.717) is 6.61 Å². The van der Waals surface area contributed by atoms with E-state index in [1.165, 1.54) is 0 Å². The van der Waals surface area contributed by atoms with E-state index in [0.717, 1.165) is 30.6 Å². The van der Waals surface area contributed by atoms with Crippen LogP contribution in [0.25, 0.3) is 0 Å². The number of hydrogen-bond acceptors (Lipinski definition) is 5. The molecule has 0 saturated heterocycles. The molecule has 0 radical (unpaired) electrons. The van der Waals surface area contributed by atoms with Gasteiger partial charge in [0.15, 0.2) is 0 Å². The molecule has 1 rings (SSSR count). The first-order chi connectivity index (χ1) is 9.08. The van der Waals surface area contributed by atoms with Crippen LogP contribution in [0.1, 0.15) is 60.3 Å². The zero-order valence-electron chi connectivity index (χ0n) is 11.6. The minimum absolute atomic E-state index is 0.111. The molecule has 5 nitrogen and oxygen atoms in total. The van der Waals surface area contributed by atoms with E-state index < -0.39 is 5.97 Å². The molecule has 1 heterocycles. The van der Waals surface area contributed by atoms with Crippen LogP contribution in [-0.4, -0.2) is 29.5 Å². The van der Waals surface area contributed by atoms with Crippen LogP contribution in [0.15, 0.2) is 5.38 Å². The monoisotopic (exact) mass is 284 g/mol. The molecule has 106 valence electrons. The highest BCUT2D eigenvalue weighted by atomic mass is 32.1. The summed E-state index contributed by atoms with van der Waals surface area (Å²) in [6, 6.07) is 0.111. The lowest BCUT2D eigenvalue weighted by Crippen LogP contribution is -2.32. The number of nitrogens with one attached hydrogen (secondary N) is 1. The molecule has 0 bridgehead atoms. The molecule has 0 aliphatic heterocycles. The Balaban J connectivity index is 2.56. The van der Waals surface area contributed by atoms with E-state index in [9.17, 15) is 9.59 Å². The van der Waals surface area contributed by atoms with E-state index in [1.807, 2.05) is 6.92 Å². The Morgan fingerprint density at radius 2 is 2.21 bits per heavy atom. The van der Waals surface area contributed by atoms with Gasteiger partial charge in [-0.25, -0.2) is 9.78 Å². The zero-order valence-corrected chi connectivity index (χ0v) is 12.4. The van der Waals surface area contributed by atoms with Gasteiger partial charge in [0.1, 0.15) is 5.69 Å². The minimum atomic E-state index is -0.481. The second-order valence-electron chi connectivity index (χ2n) is 4.28. The van der Waals surface area contributed by atoms with Crippen molar-refractivity contribution in [3.63, 3.8) is 0 Å². The fraction of sp³-hybridized carbons (Fsp3) is 0.615. The zero-order chi connectivity index (χ0) is 14.3. The Bertz CT molecular complexity index is 431. The number of amides is 1. The summed E-state index contributed by atoms with van der Waals surface area (Å²) in [6.45, 7) is 6.11. The van der Waals surface area contributed by atoms with Gasteiger partial charge in [0.2, 0.25) is 5.01 Å². The summed E-state index contributed by atoms with van der Waals surface area (Å²) in [5, 5.41) is 4.66. The van der Waals surface area contributed by atoms with Crippen LogP contribution in [0, 0.1) is 0 Å². The summed E-state index contributed by atoms with van der Waals surface area (Å²) in [5.74, 6) is -0.721. The number of aromatic nitrogens is 1. The highest BCUT2D eigenvalue weighted by Gasteiger charge is 2.17. The minimum Gasteiger partial charge on any atom is -0.461 e. The molecule has 0 aromatic carbocycles. The highest BCUT2D eigenvalue weighted by Crippen LogP contribution is 2.11. The lowest BCUT2D eigenvalue weighted by molar-refractivity contribution is 0.0526. The number of carbonyl (C=O) groups is 2. The molecule has 1 amide bonds. The van der Waals surface area contributed by atoms with Gasteiger partial charge in [-0.2, -0.15) is 0 Å². The van der Waals surface area contributed by atoms with E-state index in [1.54, 1.807) is 12.3 Å². The van der Waals surface area contributed by atoms with Gasteiger partial charge >= 0.3 is 5.97 Å². The summed E-state index contributed by atoms with van der Waals surface area (Å²) in [5.41, 5.74) is 0.274. The van der Waals surface area contributed by atoms with Crippen molar-refractivity contribution >= 4 is 23.2 Å². The Morgan fingerprint density at radius 3 is 2.84 bits per heavy atom. The average molecular weight is 284 g/mol. The normalized spacial score (nSPS) is 11.9. The van der Waals surface area contributed by atoms with Crippen molar-refractivity contribution in [2.75, 3.05) is 6.61 Å². The molecule has 1 N–H and O–H groups in total. The average Bonchev–Trinajstić information content (AvgIpc) is 2.86. The highest BCUT2D eigenvalue weighted by molar-refractivity contribution is 7.11. The Labute approximate surface area is 117 Å². The number of carbonyl (C=O) groups excluding carboxylic acids is 2. The van der Waals surface area contributed by atoms with E-state index in [4.69, 9.17) is 4.74 Å². The van der Waals surface area contributed by atoms with Crippen molar-refractivity contribution in [3.05, 3.63) is 16.1 Å². The summed E-state index contributed by atoms with van der Waals surface area (Å²) in [7, 11) is 0. The van der Waals surface area contributed by atoms with Gasteiger partial charge in [-0.1, -0.05) is 19.8 Å². The molecular weight excluding hydrogens is 264 g/mol. The van der Waals surface area contributed by atoms with Gasteiger partial charge in [-0.05, 0) is 20.3 Å². The number of nitrogens with zero attached hydrogens (tertiary/aromatic N) is 1. The van der Waals surface area contributed by atoms with E-state index in [-0.39, 0.29) is 22.7 Å². The maximum Gasteiger partial charge on any atom is 0.367 e. The van der Waals surface area contributed by atoms with Crippen LogP contribution in [0.5, 0.6) is 0 Å². The maximum absolute atomic E-state index is 11.9. The van der Waals surface area contributed by atoms with Crippen molar-refractivity contribution in [1.82, 2.24) is 10.3 Å². The first-order valence-corrected chi connectivity index (χ1v) is 7.39. The smallest absolute Gasteiger partial charge is 0.367 e. The van der Waals surface area contributed by atoms with Gasteiger partial charge in [0.25, 0.3) is 5.91 Å². The van der Waals surface area contributed by atoms with Crippen LogP contribution in [0.4, 0.5) is 0 Å². The number of thiazole rings is 1. The van der Waals surface area contributed by atoms with E-state index >= 15 is 0 Å². The third-order valence-electron chi connectivity index (χ3n) is 2.56. The largest absolute Gasteiger partial charge is 0.461 e. The molecule has 0 aliphatic carbocycles. The topological polar surface area (TPSA) is 68.3 Å². The fourth-order valence-electron chi connectivity index (χ4n) is 1.54. The lowest BCUT2D eigenvalue weighted by atomic mass is 10.1. The summed E-state index contributed by atoms with van der Waals surface area (Å²) in [6.07, 6.45) is 3.12. The first kappa shape index (κ1) is 15.6. The number of ether oxygens (including phenoxy) is 1. The second-order valence-corrected chi connectivity index (χ2v) is 5.13. The number of rotatable bonds is 7. The van der Waals surface area contributed by atoms with Gasteiger partial charge < -0.3 is 10.1 Å². The molecular formula is C13H20N2O3S. The van der Waals surface area contributed by atoms with Crippen LogP contribution < -0.4 is 5.32 Å². The van der Waals surface area contributed by atoms with Crippen molar-refractivity contribution < 1.29 is 14.3 Å². The van der Waals surface area contributed by atoms with Crippen LogP contribution in [-0.2, 0) is 4.74 Å². The Hall–Kier alpha value is -1.43.